The molecule has 0 radical (unpaired) electrons. The summed E-state index contributed by atoms with van der Waals surface area (Å²) in [5, 5.41) is 1.49. The zero-order valence-corrected chi connectivity index (χ0v) is 19.7. The van der Waals surface area contributed by atoms with Gasteiger partial charge in [-0.05, 0) is 87.2 Å². The van der Waals surface area contributed by atoms with E-state index in [9.17, 15) is 4.79 Å². The molecule has 3 heterocycles. The smallest absolute Gasteiger partial charge is 0.237 e. The molecular weight excluding hydrogens is 394 g/mol. The van der Waals surface area contributed by atoms with Crippen molar-refractivity contribution < 1.29 is 4.79 Å². The predicted molar refractivity (Wildman–Crippen MR) is 130 cm³/mol. The number of benzene rings is 1. The molecule has 1 saturated carbocycles. The summed E-state index contributed by atoms with van der Waals surface area (Å²) in [5.41, 5.74) is 6.01. The molecule has 0 spiro atoms. The van der Waals surface area contributed by atoms with Gasteiger partial charge in [0.05, 0.1) is 12.6 Å². The molecular formula is C28H39N3O. The molecule has 2 aromatic rings. The van der Waals surface area contributed by atoms with Gasteiger partial charge in [-0.15, -0.1) is 0 Å². The molecule has 1 aromatic carbocycles. The average molecular weight is 434 g/mol. The minimum Gasteiger partial charge on any atom is -0.341 e. The summed E-state index contributed by atoms with van der Waals surface area (Å²) < 4.78 is 2.58. The van der Waals surface area contributed by atoms with E-state index in [0.29, 0.717) is 12.5 Å². The van der Waals surface area contributed by atoms with Gasteiger partial charge < -0.3 is 9.47 Å². The van der Waals surface area contributed by atoms with E-state index >= 15 is 0 Å². The second kappa shape index (κ2) is 8.85. The molecule has 32 heavy (non-hydrogen) atoms. The Bertz CT molecular complexity index is 978. The Morgan fingerprint density at radius 3 is 2.44 bits per heavy atom. The molecule has 1 aromatic heterocycles. The van der Waals surface area contributed by atoms with E-state index in [1.165, 1.54) is 87.2 Å². The number of fused-ring (bicyclic) bond motifs is 3. The second-order valence-electron chi connectivity index (χ2n) is 10.8. The lowest BCUT2D eigenvalue weighted by Gasteiger charge is -2.40. The van der Waals surface area contributed by atoms with Crippen molar-refractivity contribution in [2.45, 2.75) is 95.6 Å². The Labute approximate surface area is 192 Å². The van der Waals surface area contributed by atoms with Crippen molar-refractivity contribution in [3.05, 3.63) is 35.0 Å². The van der Waals surface area contributed by atoms with E-state index in [2.05, 4.69) is 32.6 Å². The summed E-state index contributed by atoms with van der Waals surface area (Å²) >= 11 is 0. The van der Waals surface area contributed by atoms with Crippen LogP contribution >= 0.6 is 0 Å². The fraction of sp³-hybridized carbons (Fsp3) is 0.679. The maximum Gasteiger partial charge on any atom is 0.237 e. The van der Waals surface area contributed by atoms with Crippen molar-refractivity contribution in [1.29, 1.82) is 0 Å². The topological polar surface area (TPSA) is 28.5 Å². The maximum atomic E-state index is 13.4. The Balaban J connectivity index is 1.29. The lowest BCUT2D eigenvalue weighted by molar-refractivity contribution is -0.136. The highest BCUT2D eigenvalue weighted by atomic mass is 16.2. The van der Waals surface area contributed by atoms with Crippen molar-refractivity contribution in [1.82, 2.24) is 14.4 Å². The summed E-state index contributed by atoms with van der Waals surface area (Å²) in [6, 6.07) is 7.65. The molecule has 6 rings (SSSR count). The van der Waals surface area contributed by atoms with E-state index in [1.54, 1.807) is 11.1 Å². The van der Waals surface area contributed by atoms with Crippen molar-refractivity contribution >= 4 is 16.8 Å². The molecule has 1 amide bonds. The molecule has 172 valence electrons. The molecule has 4 nitrogen and oxygen atoms in total. The second-order valence-corrected chi connectivity index (χ2v) is 10.8. The van der Waals surface area contributed by atoms with Crippen LogP contribution in [0.25, 0.3) is 10.9 Å². The van der Waals surface area contributed by atoms with Gasteiger partial charge in [-0.1, -0.05) is 38.2 Å². The van der Waals surface area contributed by atoms with Crippen molar-refractivity contribution in [2.75, 3.05) is 26.2 Å². The molecule has 4 heteroatoms. The number of rotatable bonds is 3. The lowest BCUT2D eigenvalue weighted by atomic mass is 9.83. The SMILES string of the molecule is O=C(CN1CCCCCC1)N1CCn2c3c(c4cc(C5CCCCC5)ccc42)CCC[C@H]31. The van der Waals surface area contributed by atoms with Gasteiger partial charge in [-0.2, -0.15) is 0 Å². The third-order valence-electron chi connectivity index (χ3n) is 8.85. The van der Waals surface area contributed by atoms with Crippen LogP contribution in [0.15, 0.2) is 18.2 Å². The van der Waals surface area contributed by atoms with Gasteiger partial charge in [0.2, 0.25) is 5.91 Å². The number of carbonyl (C=O) groups is 1. The first-order valence-corrected chi connectivity index (χ1v) is 13.5. The van der Waals surface area contributed by atoms with Crippen LogP contribution in [0.2, 0.25) is 0 Å². The largest absolute Gasteiger partial charge is 0.341 e. The van der Waals surface area contributed by atoms with Crippen molar-refractivity contribution in [2.24, 2.45) is 0 Å². The highest BCUT2D eigenvalue weighted by Crippen LogP contribution is 2.44. The van der Waals surface area contributed by atoms with Crippen molar-refractivity contribution in [3.63, 3.8) is 0 Å². The molecule has 0 unspecified atom stereocenters. The monoisotopic (exact) mass is 433 g/mol. The van der Waals surface area contributed by atoms with Gasteiger partial charge >= 0.3 is 0 Å². The van der Waals surface area contributed by atoms with Gasteiger partial charge in [-0.25, -0.2) is 0 Å². The summed E-state index contributed by atoms with van der Waals surface area (Å²) in [5.74, 6) is 1.12. The Morgan fingerprint density at radius 1 is 0.844 bits per heavy atom. The molecule has 2 fully saturated rings. The Hall–Kier alpha value is -1.81. The lowest BCUT2D eigenvalue weighted by Crippen LogP contribution is -2.47. The number of aryl methyl sites for hydroxylation is 1. The van der Waals surface area contributed by atoms with Crippen LogP contribution in [0.5, 0.6) is 0 Å². The van der Waals surface area contributed by atoms with Crippen LogP contribution in [-0.2, 0) is 17.8 Å². The number of aromatic nitrogens is 1. The van der Waals surface area contributed by atoms with E-state index in [1.807, 2.05) is 0 Å². The van der Waals surface area contributed by atoms with E-state index in [-0.39, 0.29) is 6.04 Å². The van der Waals surface area contributed by atoms with Crippen LogP contribution in [0.1, 0.15) is 99.4 Å². The van der Waals surface area contributed by atoms with E-state index in [0.717, 1.165) is 38.5 Å². The summed E-state index contributed by atoms with van der Waals surface area (Å²) in [6.45, 7) is 4.64. The highest BCUT2D eigenvalue weighted by Gasteiger charge is 2.37. The van der Waals surface area contributed by atoms with E-state index < -0.39 is 0 Å². The van der Waals surface area contributed by atoms with Gasteiger partial charge in [0.15, 0.2) is 0 Å². The summed E-state index contributed by atoms with van der Waals surface area (Å²) in [4.78, 5) is 18.1. The summed E-state index contributed by atoms with van der Waals surface area (Å²) in [6.07, 6.45) is 15.6. The molecule has 0 bridgehead atoms. The standard InChI is InChI=1S/C28H39N3O/c32-27(20-29-15-6-1-2-7-16-29)30-17-18-31-25-14-13-22(21-9-4-3-5-10-21)19-24(25)23-11-8-12-26(30)28(23)31/h13-14,19,21,26H,1-12,15-18,20H2/t26-/m1/s1. The molecule has 2 aliphatic carbocycles. The first kappa shape index (κ1) is 20.8. The minimum atomic E-state index is 0.289. The normalized spacial score (nSPS) is 25.0. The molecule has 4 aliphatic rings. The first-order chi connectivity index (χ1) is 15.8. The van der Waals surface area contributed by atoms with Gasteiger partial charge in [0, 0.05) is 29.7 Å². The number of nitrogens with zero attached hydrogens (tertiary/aromatic N) is 3. The molecule has 0 N–H and O–H groups in total. The molecule has 1 atom stereocenters. The maximum absolute atomic E-state index is 13.4. The zero-order chi connectivity index (χ0) is 21.5. The number of carbonyl (C=O) groups excluding carboxylic acids is 1. The van der Waals surface area contributed by atoms with Crippen LogP contribution in [0.4, 0.5) is 0 Å². The van der Waals surface area contributed by atoms with E-state index in [4.69, 9.17) is 0 Å². The zero-order valence-electron chi connectivity index (χ0n) is 19.7. The van der Waals surface area contributed by atoms with Crippen molar-refractivity contribution in [3.8, 4) is 0 Å². The quantitative estimate of drug-likeness (QED) is 0.613. The Kier molecular flexibility index (Phi) is 5.75. The fourth-order valence-electron chi connectivity index (χ4n) is 7.19. The number of amides is 1. The van der Waals surface area contributed by atoms with Gasteiger partial charge in [-0.3, -0.25) is 9.69 Å². The number of likely N-dealkylation sites (tertiary alicyclic amines) is 1. The molecule has 2 aliphatic heterocycles. The van der Waals surface area contributed by atoms with Crippen LogP contribution in [0, 0.1) is 0 Å². The first-order valence-electron chi connectivity index (χ1n) is 13.5. The number of hydrogen-bond acceptors (Lipinski definition) is 2. The number of hydrogen-bond donors (Lipinski definition) is 0. The van der Waals surface area contributed by atoms with Crippen LogP contribution < -0.4 is 0 Å². The summed E-state index contributed by atoms with van der Waals surface area (Å²) in [7, 11) is 0. The minimum absolute atomic E-state index is 0.289. The third-order valence-corrected chi connectivity index (χ3v) is 8.85. The van der Waals surface area contributed by atoms with Crippen LogP contribution in [-0.4, -0.2) is 46.5 Å². The highest BCUT2D eigenvalue weighted by molar-refractivity contribution is 5.88. The predicted octanol–water partition coefficient (Wildman–Crippen LogP) is 5.78. The fourth-order valence-corrected chi connectivity index (χ4v) is 7.19. The van der Waals surface area contributed by atoms with Crippen LogP contribution in [0.3, 0.4) is 0 Å². The third kappa shape index (κ3) is 3.69. The molecule has 1 saturated heterocycles. The average Bonchev–Trinajstić information content (AvgIpc) is 2.97. The van der Waals surface area contributed by atoms with Gasteiger partial charge in [0.25, 0.3) is 0 Å². The van der Waals surface area contributed by atoms with Gasteiger partial charge in [0.1, 0.15) is 0 Å². The Morgan fingerprint density at radius 2 is 1.62 bits per heavy atom.